The second-order valence-corrected chi connectivity index (χ2v) is 7.54. The predicted molar refractivity (Wildman–Crippen MR) is 91.7 cm³/mol. The number of aryl methyl sites for hydroxylation is 2. The van der Waals surface area contributed by atoms with Crippen LogP contribution in [0.15, 0.2) is 18.2 Å². The van der Waals surface area contributed by atoms with Crippen molar-refractivity contribution in [2.24, 2.45) is 5.41 Å². The number of hydrogen-bond acceptors (Lipinski definition) is 5. The van der Waals surface area contributed by atoms with Gasteiger partial charge in [0.15, 0.2) is 5.82 Å². The molecule has 6 nitrogen and oxygen atoms in total. The number of benzene rings is 1. The van der Waals surface area contributed by atoms with E-state index in [0.29, 0.717) is 0 Å². The molecule has 23 heavy (non-hydrogen) atoms. The Balaban J connectivity index is 1.98. The van der Waals surface area contributed by atoms with Crippen LogP contribution in [0.25, 0.3) is 15.5 Å². The average Bonchev–Trinajstić information content (AvgIpc) is 3.03. The molecular weight excluding hydrogens is 310 g/mol. The number of carbonyl (C=O) groups excluding carboxylic acids is 1. The van der Waals surface area contributed by atoms with Crippen molar-refractivity contribution in [1.82, 2.24) is 19.8 Å². The number of aromatic nitrogens is 4. The standard InChI is InChI=1S/C16H19N5OS/c1-9-6-7-11(8-12(9)17-14(22)16(3,4)5)13-20-21-10(2)18-19-15(21)23-13/h6-8H,1-5H3,(H,17,22). The van der Waals surface area contributed by atoms with Crippen molar-refractivity contribution in [3.63, 3.8) is 0 Å². The van der Waals surface area contributed by atoms with Crippen molar-refractivity contribution < 1.29 is 4.79 Å². The highest BCUT2D eigenvalue weighted by atomic mass is 32.1. The Morgan fingerprint density at radius 2 is 1.96 bits per heavy atom. The summed E-state index contributed by atoms with van der Waals surface area (Å²) >= 11 is 1.48. The summed E-state index contributed by atoms with van der Waals surface area (Å²) in [6.45, 7) is 9.53. The number of carbonyl (C=O) groups is 1. The lowest BCUT2D eigenvalue weighted by Gasteiger charge is -2.19. The first-order valence-electron chi connectivity index (χ1n) is 7.37. The van der Waals surface area contributed by atoms with E-state index in [1.54, 1.807) is 4.52 Å². The van der Waals surface area contributed by atoms with Crippen LogP contribution in [0.4, 0.5) is 5.69 Å². The molecule has 3 aromatic rings. The number of amides is 1. The normalized spacial score (nSPS) is 11.9. The lowest BCUT2D eigenvalue weighted by molar-refractivity contribution is -0.123. The molecule has 0 saturated carbocycles. The number of fused-ring (bicyclic) bond motifs is 1. The van der Waals surface area contributed by atoms with Gasteiger partial charge in [-0.2, -0.15) is 9.61 Å². The molecule has 3 rings (SSSR count). The molecule has 0 aliphatic carbocycles. The van der Waals surface area contributed by atoms with E-state index in [1.807, 2.05) is 52.8 Å². The zero-order chi connectivity index (χ0) is 16.8. The van der Waals surface area contributed by atoms with Crippen molar-refractivity contribution in [1.29, 1.82) is 0 Å². The molecule has 1 N–H and O–H groups in total. The van der Waals surface area contributed by atoms with Gasteiger partial charge in [-0.1, -0.05) is 44.2 Å². The van der Waals surface area contributed by atoms with Crippen LogP contribution in [-0.4, -0.2) is 25.7 Å². The number of nitrogens with one attached hydrogen (secondary N) is 1. The van der Waals surface area contributed by atoms with Gasteiger partial charge in [-0.05, 0) is 25.5 Å². The van der Waals surface area contributed by atoms with Crippen LogP contribution in [0.5, 0.6) is 0 Å². The monoisotopic (exact) mass is 329 g/mol. The van der Waals surface area contributed by atoms with E-state index < -0.39 is 5.41 Å². The van der Waals surface area contributed by atoms with Gasteiger partial charge in [0.2, 0.25) is 10.9 Å². The molecule has 7 heteroatoms. The molecule has 0 spiro atoms. The molecule has 0 saturated heterocycles. The van der Waals surface area contributed by atoms with Gasteiger partial charge in [0.1, 0.15) is 5.01 Å². The number of rotatable bonds is 2. The Morgan fingerprint density at radius 3 is 2.61 bits per heavy atom. The summed E-state index contributed by atoms with van der Waals surface area (Å²) in [5, 5.41) is 16.5. The average molecular weight is 329 g/mol. The summed E-state index contributed by atoms with van der Waals surface area (Å²) in [4.78, 5) is 13.0. The van der Waals surface area contributed by atoms with Gasteiger partial charge >= 0.3 is 0 Å². The smallest absolute Gasteiger partial charge is 0.234 e. The molecule has 0 aliphatic rings. The van der Waals surface area contributed by atoms with E-state index in [1.165, 1.54) is 11.3 Å². The lowest BCUT2D eigenvalue weighted by Crippen LogP contribution is -2.27. The van der Waals surface area contributed by atoms with Gasteiger partial charge in [0.05, 0.1) is 0 Å². The van der Waals surface area contributed by atoms with Gasteiger partial charge in [0, 0.05) is 16.7 Å². The molecule has 1 amide bonds. The number of nitrogens with zero attached hydrogens (tertiary/aromatic N) is 4. The minimum Gasteiger partial charge on any atom is -0.325 e. The minimum atomic E-state index is -0.437. The van der Waals surface area contributed by atoms with Crippen molar-refractivity contribution in [2.75, 3.05) is 5.32 Å². The lowest BCUT2D eigenvalue weighted by atomic mass is 9.95. The second kappa shape index (κ2) is 5.42. The molecular formula is C16H19N5OS. The van der Waals surface area contributed by atoms with Crippen LogP contribution >= 0.6 is 11.3 Å². The van der Waals surface area contributed by atoms with Gasteiger partial charge in [0.25, 0.3) is 0 Å². The quantitative estimate of drug-likeness (QED) is 0.781. The fourth-order valence-electron chi connectivity index (χ4n) is 2.03. The zero-order valence-corrected chi connectivity index (χ0v) is 14.7. The van der Waals surface area contributed by atoms with E-state index in [4.69, 9.17) is 0 Å². The third-order valence-corrected chi connectivity index (χ3v) is 4.51. The largest absolute Gasteiger partial charge is 0.325 e. The van der Waals surface area contributed by atoms with E-state index >= 15 is 0 Å². The molecule has 1 aromatic carbocycles. The molecule has 0 unspecified atom stereocenters. The highest BCUT2D eigenvalue weighted by Gasteiger charge is 2.22. The van der Waals surface area contributed by atoms with Gasteiger partial charge < -0.3 is 5.32 Å². The van der Waals surface area contributed by atoms with Gasteiger partial charge in [-0.15, -0.1) is 10.2 Å². The van der Waals surface area contributed by atoms with Crippen LogP contribution in [0.2, 0.25) is 0 Å². The predicted octanol–water partition coefficient (Wildman–Crippen LogP) is 3.45. The Bertz CT molecular complexity index is 888. The molecule has 0 bridgehead atoms. The maximum atomic E-state index is 12.2. The van der Waals surface area contributed by atoms with E-state index in [2.05, 4.69) is 20.6 Å². The van der Waals surface area contributed by atoms with Crippen LogP contribution in [-0.2, 0) is 4.79 Å². The third-order valence-electron chi connectivity index (χ3n) is 3.56. The third kappa shape index (κ3) is 2.96. The van der Waals surface area contributed by atoms with E-state index in [0.717, 1.165) is 32.6 Å². The van der Waals surface area contributed by atoms with Crippen molar-refractivity contribution in [3.05, 3.63) is 29.6 Å². The van der Waals surface area contributed by atoms with Crippen LogP contribution in [0.3, 0.4) is 0 Å². The Morgan fingerprint density at radius 1 is 1.22 bits per heavy atom. The molecule has 0 fully saturated rings. The van der Waals surface area contributed by atoms with E-state index in [-0.39, 0.29) is 5.91 Å². The molecule has 120 valence electrons. The number of anilines is 1. The zero-order valence-electron chi connectivity index (χ0n) is 13.8. The summed E-state index contributed by atoms with van der Waals surface area (Å²) in [6.07, 6.45) is 0. The van der Waals surface area contributed by atoms with Crippen LogP contribution in [0, 0.1) is 19.3 Å². The van der Waals surface area contributed by atoms with Gasteiger partial charge in [-0.25, -0.2) is 0 Å². The molecule has 0 radical (unpaired) electrons. The maximum Gasteiger partial charge on any atom is 0.234 e. The van der Waals surface area contributed by atoms with Crippen molar-refractivity contribution >= 4 is 27.9 Å². The van der Waals surface area contributed by atoms with Crippen LogP contribution < -0.4 is 5.32 Å². The Labute approximate surface area is 138 Å². The molecule has 0 aliphatic heterocycles. The second-order valence-electron chi connectivity index (χ2n) is 6.58. The van der Waals surface area contributed by atoms with Crippen molar-refractivity contribution in [2.45, 2.75) is 34.6 Å². The fourth-order valence-corrected chi connectivity index (χ4v) is 2.91. The summed E-state index contributed by atoms with van der Waals surface area (Å²) in [6, 6.07) is 5.95. The summed E-state index contributed by atoms with van der Waals surface area (Å²) in [5.41, 5.74) is 2.35. The Kier molecular flexibility index (Phi) is 3.68. The first-order chi connectivity index (χ1) is 10.8. The first-order valence-corrected chi connectivity index (χ1v) is 8.18. The summed E-state index contributed by atoms with van der Waals surface area (Å²) in [5.74, 6) is 0.752. The maximum absolute atomic E-state index is 12.2. The van der Waals surface area contributed by atoms with Crippen LogP contribution in [0.1, 0.15) is 32.2 Å². The summed E-state index contributed by atoms with van der Waals surface area (Å²) < 4.78 is 1.73. The topological polar surface area (TPSA) is 72.2 Å². The fraction of sp³-hybridized carbons (Fsp3) is 0.375. The number of hydrogen-bond donors (Lipinski definition) is 1. The Hall–Kier alpha value is -2.28. The van der Waals surface area contributed by atoms with Gasteiger partial charge in [-0.3, -0.25) is 4.79 Å². The molecule has 2 aromatic heterocycles. The molecule has 0 atom stereocenters. The minimum absolute atomic E-state index is 0.00765. The highest BCUT2D eigenvalue weighted by molar-refractivity contribution is 7.19. The van der Waals surface area contributed by atoms with Crippen molar-refractivity contribution in [3.8, 4) is 10.6 Å². The highest BCUT2D eigenvalue weighted by Crippen LogP contribution is 2.30. The molecule has 2 heterocycles. The van der Waals surface area contributed by atoms with E-state index in [9.17, 15) is 4.79 Å². The summed E-state index contributed by atoms with van der Waals surface area (Å²) in [7, 11) is 0. The SMILES string of the molecule is Cc1ccc(-c2nn3c(C)nnc3s2)cc1NC(=O)C(C)(C)C. The first kappa shape index (κ1) is 15.6.